The Kier molecular flexibility index (Phi) is 3.00. The molecular weight excluding hydrogens is 206 g/mol. The molecule has 6 nitrogen and oxygen atoms in total. The van der Waals surface area contributed by atoms with Crippen LogP contribution in [-0.2, 0) is 7.05 Å². The molecule has 0 bridgehead atoms. The molecule has 86 valence electrons. The Hall–Kier alpha value is -1.69. The Balaban J connectivity index is 2.19. The summed E-state index contributed by atoms with van der Waals surface area (Å²) in [5, 5.41) is 7.98. The minimum absolute atomic E-state index is 0.197. The highest BCUT2D eigenvalue weighted by Crippen LogP contribution is 2.20. The number of hydrogen-bond acceptors (Lipinski definition) is 5. The summed E-state index contributed by atoms with van der Waals surface area (Å²) in [6, 6.07) is 0. The van der Waals surface area contributed by atoms with Gasteiger partial charge in [-0.25, -0.2) is 0 Å². The predicted molar refractivity (Wildman–Crippen MR) is 58.6 cm³/mol. The third kappa shape index (κ3) is 2.11. The van der Waals surface area contributed by atoms with Gasteiger partial charge in [-0.1, -0.05) is 12.1 Å². The van der Waals surface area contributed by atoms with Gasteiger partial charge in [0.15, 0.2) is 0 Å². The minimum Gasteiger partial charge on any atom is -0.339 e. The van der Waals surface area contributed by atoms with E-state index in [1.165, 1.54) is 0 Å². The molecule has 16 heavy (non-hydrogen) atoms. The van der Waals surface area contributed by atoms with Crippen molar-refractivity contribution in [2.75, 3.05) is 6.54 Å². The van der Waals surface area contributed by atoms with Crippen molar-refractivity contribution in [3.05, 3.63) is 18.3 Å². The van der Waals surface area contributed by atoms with Crippen LogP contribution < -0.4 is 5.73 Å². The SMILES string of the molecule is CC(CCN)c1nc(-c2cnn(C)c2)no1. The molecule has 2 aromatic heterocycles. The number of aromatic nitrogens is 4. The molecule has 0 aromatic carbocycles. The Bertz CT molecular complexity index is 461. The highest BCUT2D eigenvalue weighted by atomic mass is 16.5. The first-order valence-corrected chi connectivity index (χ1v) is 5.23. The van der Waals surface area contributed by atoms with E-state index in [-0.39, 0.29) is 5.92 Å². The topological polar surface area (TPSA) is 82.8 Å². The third-order valence-corrected chi connectivity index (χ3v) is 2.43. The standard InChI is InChI=1S/C10H15N5O/c1-7(3-4-11)10-13-9(14-16-10)8-5-12-15(2)6-8/h5-7H,3-4,11H2,1-2H3. The lowest BCUT2D eigenvalue weighted by molar-refractivity contribution is 0.355. The average molecular weight is 221 g/mol. The first-order valence-electron chi connectivity index (χ1n) is 5.23. The molecule has 0 saturated carbocycles. The van der Waals surface area contributed by atoms with Crippen LogP contribution in [0.2, 0.25) is 0 Å². The zero-order chi connectivity index (χ0) is 11.5. The van der Waals surface area contributed by atoms with E-state index in [0.29, 0.717) is 18.3 Å². The smallest absolute Gasteiger partial charge is 0.229 e. The van der Waals surface area contributed by atoms with E-state index in [2.05, 4.69) is 15.2 Å². The molecule has 0 spiro atoms. The van der Waals surface area contributed by atoms with Crippen LogP contribution in [0.4, 0.5) is 0 Å². The van der Waals surface area contributed by atoms with Crippen molar-refractivity contribution in [1.82, 2.24) is 19.9 Å². The molecule has 2 aromatic rings. The van der Waals surface area contributed by atoms with Crippen LogP contribution in [0.3, 0.4) is 0 Å². The summed E-state index contributed by atoms with van der Waals surface area (Å²) in [6.45, 7) is 2.64. The molecule has 1 unspecified atom stereocenters. The molecule has 2 N–H and O–H groups in total. The van der Waals surface area contributed by atoms with Gasteiger partial charge in [-0.2, -0.15) is 10.1 Å². The number of aryl methyl sites for hydroxylation is 1. The van der Waals surface area contributed by atoms with E-state index in [1.54, 1.807) is 10.9 Å². The van der Waals surface area contributed by atoms with E-state index in [9.17, 15) is 0 Å². The summed E-state index contributed by atoms with van der Waals surface area (Å²) in [6.07, 6.45) is 4.40. The van der Waals surface area contributed by atoms with Crippen molar-refractivity contribution in [1.29, 1.82) is 0 Å². The van der Waals surface area contributed by atoms with Gasteiger partial charge < -0.3 is 10.3 Å². The average Bonchev–Trinajstić information content (AvgIpc) is 2.85. The zero-order valence-corrected chi connectivity index (χ0v) is 9.42. The molecule has 0 saturated heterocycles. The molecular formula is C10H15N5O. The van der Waals surface area contributed by atoms with Crippen LogP contribution in [0.5, 0.6) is 0 Å². The van der Waals surface area contributed by atoms with Gasteiger partial charge in [0.1, 0.15) is 0 Å². The maximum absolute atomic E-state index is 5.48. The molecule has 2 heterocycles. The van der Waals surface area contributed by atoms with E-state index >= 15 is 0 Å². The van der Waals surface area contributed by atoms with Crippen molar-refractivity contribution in [3.63, 3.8) is 0 Å². The normalized spacial score (nSPS) is 12.9. The lowest BCUT2D eigenvalue weighted by Gasteiger charge is -2.01. The Morgan fingerprint density at radius 1 is 1.56 bits per heavy atom. The summed E-state index contributed by atoms with van der Waals surface area (Å²) < 4.78 is 6.89. The van der Waals surface area contributed by atoms with E-state index < -0.39 is 0 Å². The van der Waals surface area contributed by atoms with Gasteiger partial charge in [-0.05, 0) is 13.0 Å². The second-order valence-electron chi connectivity index (χ2n) is 3.84. The molecule has 0 aliphatic heterocycles. The maximum atomic E-state index is 5.48. The van der Waals surface area contributed by atoms with Gasteiger partial charge in [0.2, 0.25) is 11.7 Å². The van der Waals surface area contributed by atoms with Crippen molar-refractivity contribution >= 4 is 0 Å². The minimum atomic E-state index is 0.197. The summed E-state index contributed by atoms with van der Waals surface area (Å²) in [5.41, 5.74) is 6.34. The highest BCUT2D eigenvalue weighted by molar-refractivity contribution is 5.51. The molecule has 0 radical (unpaired) electrons. The van der Waals surface area contributed by atoms with Crippen molar-refractivity contribution < 1.29 is 4.52 Å². The van der Waals surface area contributed by atoms with Crippen molar-refractivity contribution in [2.24, 2.45) is 12.8 Å². The van der Waals surface area contributed by atoms with Gasteiger partial charge >= 0.3 is 0 Å². The van der Waals surface area contributed by atoms with Crippen LogP contribution in [0.15, 0.2) is 16.9 Å². The van der Waals surface area contributed by atoms with Gasteiger partial charge in [0.05, 0.1) is 11.8 Å². The fourth-order valence-corrected chi connectivity index (χ4v) is 1.46. The first-order chi connectivity index (χ1) is 7.70. The quantitative estimate of drug-likeness (QED) is 0.830. The monoisotopic (exact) mass is 221 g/mol. The molecule has 0 amide bonds. The van der Waals surface area contributed by atoms with E-state index in [1.807, 2.05) is 20.2 Å². The third-order valence-electron chi connectivity index (χ3n) is 2.43. The second-order valence-corrected chi connectivity index (χ2v) is 3.84. The van der Waals surface area contributed by atoms with Gasteiger partial charge in [0, 0.05) is 19.2 Å². The molecule has 0 fully saturated rings. The fourth-order valence-electron chi connectivity index (χ4n) is 1.46. The second kappa shape index (κ2) is 4.44. The van der Waals surface area contributed by atoms with Gasteiger partial charge in [-0.15, -0.1) is 0 Å². The fraction of sp³-hybridized carbons (Fsp3) is 0.500. The van der Waals surface area contributed by atoms with Crippen LogP contribution in [0, 0.1) is 0 Å². The largest absolute Gasteiger partial charge is 0.339 e. The summed E-state index contributed by atoms with van der Waals surface area (Å²) in [5.74, 6) is 1.40. The van der Waals surface area contributed by atoms with E-state index in [0.717, 1.165) is 12.0 Å². The lowest BCUT2D eigenvalue weighted by Crippen LogP contribution is -2.04. The summed E-state index contributed by atoms with van der Waals surface area (Å²) in [4.78, 5) is 4.33. The number of nitrogens with zero attached hydrogens (tertiary/aromatic N) is 4. The molecule has 1 atom stereocenters. The summed E-state index contributed by atoms with van der Waals surface area (Å²) in [7, 11) is 1.85. The summed E-state index contributed by atoms with van der Waals surface area (Å²) >= 11 is 0. The van der Waals surface area contributed by atoms with E-state index in [4.69, 9.17) is 10.3 Å². The predicted octanol–water partition coefficient (Wildman–Crippen LogP) is 0.922. The Morgan fingerprint density at radius 2 is 2.38 bits per heavy atom. The van der Waals surface area contributed by atoms with Crippen molar-refractivity contribution in [3.8, 4) is 11.4 Å². The molecule has 6 heteroatoms. The molecule has 2 rings (SSSR count). The molecule has 0 aliphatic carbocycles. The lowest BCUT2D eigenvalue weighted by atomic mass is 10.1. The number of hydrogen-bond donors (Lipinski definition) is 1. The highest BCUT2D eigenvalue weighted by Gasteiger charge is 2.15. The van der Waals surface area contributed by atoms with Gasteiger partial charge in [0.25, 0.3) is 0 Å². The Morgan fingerprint density at radius 3 is 3.00 bits per heavy atom. The Labute approximate surface area is 93.4 Å². The zero-order valence-electron chi connectivity index (χ0n) is 9.42. The van der Waals surface area contributed by atoms with Gasteiger partial charge in [-0.3, -0.25) is 4.68 Å². The van der Waals surface area contributed by atoms with Crippen molar-refractivity contribution in [2.45, 2.75) is 19.3 Å². The number of rotatable bonds is 4. The molecule has 0 aliphatic rings. The van der Waals surface area contributed by atoms with Crippen LogP contribution in [-0.4, -0.2) is 26.5 Å². The van der Waals surface area contributed by atoms with Crippen LogP contribution >= 0.6 is 0 Å². The van der Waals surface area contributed by atoms with Crippen LogP contribution in [0.25, 0.3) is 11.4 Å². The number of nitrogens with two attached hydrogens (primary N) is 1. The van der Waals surface area contributed by atoms with Crippen LogP contribution in [0.1, 0.15) is 25.2 Å². The maximum Gasteiger partial charge on any atom is 0.229 e. The first kappa shape index (κ1) is 10.8.